The average molecular weight is 317 g/mol. The van der Waals surface area contributed by atoms with E-state index in [4.69, 9.17) is 1.37 Å². The minimum atomic E-state index is -2.08. The Morgan fingerprint density at radius 1 is 1.43 bits per heavy atom. The Bertz CT molecular complexity index is 970. The molecule has 0 bridgehead atoms. The summed E-state index contributed by atoms with van der Waals surface area (Å²) in [6.45, 7) is 1.43. The molecule has 1 aromatic carbocycles. The Kier molecular flexibility index (Phi) is 3.11. The molecular weight excluding hydrogens is 304 g/mol. The van der Waals surface area contributed by atoms with E-state index < -0.39 is 34.0 Å². The zero-order valence-corrected chi connectivity index (χ0v) is 12.0. The van der Waals surface area contributed by atoms with Crippen LogP contribution in [0.15, 0.2) is 23.0 Å². The van der Waals surface area contributed by atoms with Gasteiger partial charge in [-0.15, -0.1) is 0 Å². The molecule has 23 heavy (non-hydrogen) atoms. The second-order valence-electron chi connectivity index (χ2n) is 5.05. The molecule has 3 rings (SSSR count). The molecule has 9 nitrogen and oxygen atoms in total. The van der Waals surface area contributed by atoms with E-state index in [-0.39, 0.29) is 29.6 Å². The molecule has 0 radical (unpaired) electrons. The molecular formula is C14H12N4O5. The predicted octanol–water partition coefficient (Wildman–Crippen LogP) is 0.591. The van der Waals surface area contributed by atoms with E-state index in [9.17, 15) is 24.5 Å². The zero-order chi connectivity index (χ0) is 17.6. The van der Waals surface area contributed by atoms with Crippen LogP contribution in [0.1, 0.15) is 26.1 Å². The van der Waals surface area contributed by atoms with Crippen molar-refractivity contribution in [1.29, 1.82) is 0 Å². The summed E-state index contributed by atoms with van der Waals surface area (Å²) in [7, 11) is 0. The molecule has 1 aliphatic heterocycles. The number of hydrogen-bond acceptors (Lipinski definition) is 6. The first-order chi connectivity index (χ1) is 11.3. The van der Waals surface area contributed by atoms with E-state index in [2.05, 4.69) is 4.98 Å². The third-order valence-corrected chi connectivity index (χ3v) is 3.61. The van der Waals surface area contributed by atoms with Crippen molar-refractivity contribution in [1.82, 2.24) is 14.9 Å². The smallest absolute Gasteiger partial charge is 0.284 e. The van der Waals surface area contributed by atoms with Gasteiger partial charge in [-0.3, -0.25) is 34.4 Å². The lowest BCUT2D eigenvalue weighted by molar-refractivity contribution is -0.383. The first-order valence-corrected chi connectivity index (χ1v) is 6.77. The molecule has 1 saturated heterocycles. The highest BCUT2D eigenvalue weighted by molar-refractivity contribution is 5.99. The SMILES string of the molecule is [2H][C@]1(n2c(C)nc3cccc([N+](=O)[O-])c3c2=O)CCC(=O)NC1=O. The molecule has 0 aliphatic carbocycles. The molecule has 1 fully saturated rings. The number of hydrogen-bond donors (Lipinski definition) is 1. The third-order valence-electron chi connectivity index (χ3n) is 3.61. The van der Waals surface area contributed by atoms with E-state index >= 15 is 0 Å². The monoisotopic (exact) mass is 317 g/mol. The fourth-order valence-corrected chi connectivity index (χ4v) is 2.61. The van der Waals surface area contributed by atoms with Crippen LogP contribution in [0.4, 0.5) is 5.69 Å². The Morgan fingerprint density at radius 2 is 2.17 bits per heavy atom. The lowest BCUT2D eigenvalue weighted by atomic mass is 10.1. The van der Waals surface area contributed by atoms with E-state index in [1.807, 2.05) is 5.32 Å². The van der Waals surface area contributed by atoms with Crippen LogP contribution >= 0.6 is 0 Å². The van der Waals surface area contributed by atoms with E-state index in [1.54, 1.807) is 0 Å². The largest absolute Gasteiger partial charge is 0.295 e. The molecule has 0 spiro atoms. The van der Waals surface area contributed by atoms with Crippen molar-refractivity contribution in [3.05, 3.63) is 44.5 Å². The van der Waals surface area contributed by atoms with Crippen LogP contribution in [0.5, 0.6) is 0 Å². The number of piperidine rings is 1. The fraction of sp³-hybridized carbons (Fsp3) is 0.286. The summed E-state index contributed by atoms with van der Waals surface area (Å²) in [5.41, 5.74) is -1.20. The van der Waals surface area contributed by atoms with Crippen LogP contribution in [0.25, 0.3) is 10.9 Å². The van der Waals surface area contributed by atoms with Gasteiger partial charge in [0.15, 0.2) is 0 Å². The van der Waals surface area contributed by atoms with Gasteiger partial charge in [0.05, 0.1) is 11.8 Å². The maximum atomic E-state index is 12.8. The number of aryl methyl sites for hydroxylation is 1. The van der Waals surface area contributed by atoms with Gasteiger partial charge in [0, 0.05) is 12.5 Å². The number of nitro groups is 1. The lowest BCUT2D eigenvalue weighted by Gasteiger charge is -2.24. The standard InChI is InChI=1S/C14H12N4O5/c1-7-15-8-3-2-4-9(18(22)23)12(8)14(21)17(7)10-5-6-11(19)16-13(10)20/h2-4,10H,5-6H2,1H3,(H,16,19,20)/t10-/m0/s1/i10D. The van der Waals surface area contributed by atoms with Crippen molar-refractivity contribution in [2.24, 2.45) is 0 Å². The number of carbonyl (C=O) groups excluding carboxylic acids is 2. The van der Waals surface area contributed by atoms with Gasteiger partial charge >= 0.3 is 0 Å². The maximum absolute atomic E-state index is 12.8. The molecule has 1 aromatic heterocycles. The minimum Gasteiger partial charge on any atom is -0.295 e. The first kappa shape index (κ1) is 13.6. The van der Waals surface area contributed by atoms with Crippen LogP contribution in [-0.4, -0.2) is 26.3 Å². The Labute approximate surface area is 130 Å². The maximum Gasteiger partial charge on any atom is 0.284 e. The van der Waals surface area contributed by atoms with Crippen molar-refractivity contribution in [2.75, 3.05) is 0 Å². The van der Waals surface area contributed by atoms with Crippen LogP contribution in [0.3, 0.4) is 0 Å². The molecule has 118 valence electrons. The van der Waals surface area contributed by atoms with Gasteiger partial charge in [0.25, 0.3) is 11.2 Å². The lowest BCUT2D eigenvalue weighted by Crippen LogP contribution is -2.45. The number of imide groups is 1. The summed E-state index contributed by atoms with van der Waals surface area (Å²) in [6, 6.07) is 1.92. The third kappa shape index (κ3) is 2.35. The molecule has 1 atom stereocenters. The molecule has 2 heterocycles. The number of carbonyl (C=O) groups is 2. The topological polar surface area (TPSA) is 124 Å². The summed E-state index contributed by atoms with van der Waals surface area (Å²) in [5.74, 6) is -1.43. The highest BCUT2D eigenvalue weighted by atomic mass is 16.6. The number of amides is 2. The summed E-state index contributed by atoms with van der Waals surface area (Å²) in [6.07, 6.45) is -0.331. The summed E-state index contributed by atoms with van der Waals surface area (Å²) in [4.78, 5) is 50.9. The van der Waals surface area contributed by atoms with Gasteiger partial charge in [-0.25, -0.2) is 4.98 Å². The molecule has 2 aromatic rings. The molecule has 1 aliphatic rings. The van der Waals surface area contributed by atoms with E-state index in [0.717, 1.165) is 10.6 Å². The summed E-state index contributed by atoms with van der Waals surface area (Å²) >= 11 is 0. The number of aromatic nitrogens is 2. The predicted molar refractivity (Wildman–Crippen MR) is 78.8 cm³/mol. The fourth-order valence-electron chi connectivity index (χ4n) is 2.61. The van der Waals surface area contributed by atoms with Gasteiger partial charge in [-0.05, 0) is 19.4 Å². The van der Waals surface area contributed by atoms with Crippen LogP contribution < -0.4 is 10.9 Å². The zero-order valence-electron chi connectivity index (χ0n) is 13.0. The van der Waals surface area contributed by atoms with E-state index in [1.165, 1.54) is 19.1 Å². The van der Waals surface area contributed by atoms with Gasteiger partial charge in [-0.1, -0.05) is 6.07 Å². The first-order valence-electron chi connectivity index (χ1n) is 7.27. The highest BCUT2D eigenvalue weighted by Crippen LogP contribution is 2.24. The summed E-state index contributed by atoms with van der Waals surface area (Å²) in [5, 5.41) is 12.9. The van der Waals surface area contributed by atoms with Crippen LogP contribution in [0, 0.1) is 17.0 Å². The molecule has 0 unspecified atom stereocenters. The number of non-ortho nitro benzene ring substituents is 1. The van der Waals surface area contributed by atoms with Crippen molar-refractivity contribution in [3.8, 4) is 0 Å². The number of nitro benzene ring substituents is 1. The second kappa shape index (κ2) is 5.27. The number of nitrogens with zero attached hydrogens (tertiary/aromatic N) is 3. The van der Waals surface area contributed by atoms with Crippen LogP contribution in [-0.2, 0) is 9.59 Å². The second-order valence-corrected chi connectivity index (χ2v) is 5.05. The van der Waals surface area contributed by atoms with Crippen LogP contribution in [0.2, 0.25) is 0 Å². The molecule has 1 N–H and O–H groups in total. The normalized spacial score (nSPS) is 21.9. The summed E-state index contributed by atoms with van der Waals surface area (Å²) < 4.78 is 9.19. The van der Waals surface area contributed by atoms with Gasteiger partial charge in [0.1, 0.15) is 17.2 Å². The number of nitrogens with one attached hydrogen (secondary N) is 1. The van der Waals surface area contributed by atoms with Crippen molar-refractivity contribution >= 4 is 28.4 Å². The molecule has 9 heteroatoms. The van der Waals surface area contributed by atoms with Gasteiger partial charge in [-0.2, -0.15) is 0 Å². The Hall–Kier alpha value is -3.10. The molecule has 2 amide bonds. The van der Waals surface area contributed by atoms with Crippen molar-refractivity contribution in [2.45, 2.75) is 25.8 Å². The van der Waals surface area contributed by atoms with E-state index in [0.29, 0.717) is 0 Å². The van der Waals surface area contributed by atoms with Crippen molar-refractivity contribution in [3.63, 3.8) is 0 Å². The van der Waals surface area contributed by atoms with Crippen molar-refractivity contribution < 1.29 is 15.9 Å². The Morgan fingerprint density at radius 3 is 2.83 bits per heavy atom. The molecule has 0 saturated carbocycles. The average Bonchev–Trinajstić information content (AvgIpc) is 2.50. The minimum absolute atomic E-state index is 0.0625. The number of fused-ring (bicyclic) bond motifs is 1. The number of rotatable bonds is 2. The van der Waals surface area contributed by atoms with Gasteiger partial charge < -0.3 is 0 Å². The van der Waals surface area contributed by atoms with Gasteiger partial charge in [0.2, 0.25) is 11.8 Å². The Balaban J connectivity index is 2.36. The quantitative estimate of drug-likeness (QED) is 0.491. The highest BCUT2D eigenvalue weighted by Gasteiger charge is 2.31. The number of benzene rings is 1.